The molecule has 0 unspecified atom stereocenters. The van der Waals surface area contributed by atoms with E-state index in [1.807, 2.05) is 22.9 Å². The number of nitrogens with zero attached hydrogens (tertiary/aromatic N) is 2. The van der Waals surface area contributed by atoms with Crippen LogP contribution in [-0.4, -0.2) is 22.6 Å². The summed E-state index contributed by atoms with van der Waals surface area (Å²) in [6.07, 6.45) is 4.66. The monoisotopic (exact) mass is 230 g/mol. The van der Waals surface area contributed by atoms with Gasteiger partial charge in [0.1, 0.15) is 0 Å². The summed E-state index contributed by atoms with van der Waals surface area (Å²) in [5.41, 5.74) is 2.57. The number of aromatic nitrogens is 2. The Labute approximate surface area is 99.9 Å². The first-order valence-corrected chi connectivity index (χ1v) is 5.46. The van der Waals surface area contributed by atoms with Gasteiger partial charge in [0.15, 0.2) is 0 Å². The minimum atomic E-state index is -0.323. The van der Waals surface area contributed by atoms with Crippen LogP contribution < -0.4 is 0 Å². The number of carbonyl (C=O) groups is 1. The molecule has 0 radical (unpaired) electrons. The second-order valence-corrected chi connectivity index (χ2v) is 3.66. The van der Waals surface area contributed by atoms with Crippen LogP contribution in [0.3, 0.4) is 0 Å². The van der Waals surface area contributed by atoms with Gasteiger partial charge < -0.3 is 9.30 Å². The summed E-state index contributed by atoms with van der Waals surface area (Å²) in [4.78, 5) is 15.5. The van der Waals surface area contributed by atoms with Crippen LogP contribution in [0.4, 0.5) is 0 Å². The molecule has 1 heterocycles. The molecule has 17 heavy (non-hydrogen) atoms. The minimum absolute atomic E-state index is 0.323. The lowest BCUT2D eigenvalue weighted by Crippen LogP contribution is -2.01. The highest BCUT2D eigenvalue weighted by atomic mass is 16.5. The Balaban J connectivity index is 2.25. The zero-order valence-electron chi connectivity index (χ0n) is 9.88. The summed E-state index contributed by atoms with van der Waals surface area (Å²) in [6, 6.07) is 7.22. The van der Waals surface area contributed by atoms with E-state index in [4.69, 9.17) is 0 Å². The van der Waals surface area contributed by atoms with Gasteiger partial charge in [-0.1, -0.05) is 6.92 Å². The maximum Gasteiger partial charge on any atom is 0.337 e. The van der Waals surface area contributed by atoms with Crippen LogP contribution in [0.15, 0.2) is 36.8 Å². The quantitative estimate of drug-likeness (QED) is 0.759. The zero-order chi connectivity index (χ0) is 12.3. The molecule has 0 amide bonds. The molecule has 0 aliphatic heterocycles. The Morgan fingerprint density at radius 2 is 2.06 bits per heavy atom. The van der Waals surface area contributed by atoms with Crippen LogP contribution in [0.1, 0.15) is 23.0 Å². The molecule has 4 heteroatoms. The second kappa shape index (κ2) is 4.82. The third kappa shape index (κ3) is 2.36. The van der Waals surface area contributed by atoms with Crippen molar-refractivity contribution in [2.24, 2.45) is 0 Å². The fourth-order valence-corrected chi connectivity index (χ4v) is 1.57. The van der Waals surface area contributed by atoms with Crippen molar-refractivity contribution in [3.63, 3.8) is 0 Å². The number of ether oxygens (including phenoxy) is 1. The molecule has 2 rings (SSSR count). The molecule has 0 N–H and O–H groups in total. The van der Waals surface area contributed by atoms with E-state index in [1.54, 1.807) is 18.5 Å². The summed E-state index contributed by atoms with van der Waals surface area (Å²) in [5, 5.41) is 0. The van der Waals surface area contributed by atoms with Gasteiger partial charge in [-0.05, 0) is 30.7 Å². The summed E-state index contributed by atoms with van der Waals surface area (Å²) < 4.78 is 6.58. The van der Waals surface area contributed by atoms with Gasteiger partial charge in [-0.2, -0.15) is 0 Å². The summed E-state index contributed by atoms with van der Waals surface area (Å²) in [5.74, 6) is -0.323. The number of benzene rings is 1. The number of aryl methyl sites for hydroxylation is 1. The molecular formula is C13H14N2O2. The lowest BCUT2D eigenvalue weighted by molar-refractivity contribution is 0.0601. The van der Waals surface area contributed by atoms with Crippen LogP contribution in [-0.2, 0) is 11.2 Å². The van der Waals surface area contributed by atoms with Crippen LogP contribution in [0.5, 0.6) is 0 Å². The van der Waals surface area contributed by atoms with E-state index in [1.165, 1.54) is 7.11 Å². The molecule has 2 aromatic rings. The first-order valence-electron chi connectivity index (χ1n) is 5.46. The molecule has 1 aromatic carbocycles. The normalized spacial score (nSPS) is 10.2. The molecule has 0 aliphatic rings. The average molecular weight is 230 g/mol. The number of carbonyl (C=O) groups excluding carboxylic acids is 1. The van der Waals surface area contributed by atoms with Crippen molar-refractivity contribution in [3.8, 4) is 5.69 Å². The molecule has 0 atom stereocenters. The predicted octanol–water partition coefficient (Wildman–Crippen LogP) is 2.22. The fraction of sp³-hybridized carbons (Fsp3) is 0.231. The molecule has 0 saturated heterocycles. The Bertz CT molecular complexity index is 514. The Hall–Kier alpha value is -2.10. The first-order chi connectivity index (χ1) is 8.24. The van der Waals surface area contributed by atoms with Crippen LogP contribution in [0.2, 0.25) is 0 Å². The van der Waals surface area contributed by atoms with Crippen molar-refractivity contribution in [3.05, 3.63) is 48.0 Å². The molecule has 4 nitrogen and oxygen atoms in total. The standard InChI is InChI=1S/C13H14N2O2/c1-3-11-8-15(9-14-11)12-6-4-10(5-7-12)13(16)17-2/h4-9H,3H2,1-2H3. The molecule has 88 valence electrons. The van der Waals surface area contributed by atoms with Crippen LogP contribution >= 0.6 is 0 Å². The average Bonchev–Trinajstić information content (AvgIpc) is 2.87. The predicted molar refractivity (Wildman–Crippen MR) is 64.3 cm³/mol. The van der Waals surface area contributed by atoms with Crippen molar-refractivity contribution in [2.45, 2.75) is 13.3 Å². The van der Waals surface area contributed by atoms with Gasteiger partial charge in [-0.3, -0.25) is 0 Å². The first kappa shape index (κ1) is 11.4. The van der Waals surface area contributed by atoms with Gasteiger partial charge in [0.2, 0.25) is 0 Å². The van der Waals surface area contributed by atoms with E-state index in [2.05, 4.69) is 16.6 Å². The molecule has 0 bridgehead atoms. The Morgan fingerprint density at radius 1 is 1.35 bits per heavy atom. The maximum absolute atomic E-state index is 11.3. The molecule has 0 saturated carbocycles. The van der Waals surface area contributed by atoms with Crippen molar-refractivity contribution >= 4 is 5.97 Å². The Morgan fingerprint density at radius 3 is 2.59 bits per heavy atom. The van der Waals surface area contributed by atoms with Crippen LogP contribution in [0, 0.1) is 0 Å². The fourth-order valence-electron chi connectivity index (χ4n) is 1.57. The second-order valence-electron chi connectivity index (χ2n) is 3.66. The van der Waals surface area contributed by atoms with Crippen molar-refractivity contribution in [1.29, 1.82) is 0 Å². The van der Waals surface area contributed by atoms with Crippen molar-refractivity contribution in [1.82, 2.24) is 9.55 Å². The Kier molecular flexibility index (Phi) is 3.23. The zero-order valence-corrected chi connectivity index (χ0v) is 9.88. The van der Waals surface area contributed by atoms with Gasteiger partial charge in [0.25, 0.3) is 0 Å². The SMILES string of the molecule is CCc1cn(-c2ccc(C(=O)OC)cc2)cn1. The third-order valence-electron chi connectivity index (χ3n) is 2.58. The number of rotatable bonds is 3. The molecule has 0 aliphatic carbocycles. The lowest BCUT2D eigenvalue weighted by atomic mass is 10.2. The molecular weight excluding hydrogens is 216 g/mol. The number of hydrogen-bond donors (Lipinski definition) is 0. The van der Waals surface area contributed by atoms with E-state index in [-0.39, 0.29) is 5.97 Å². The van der Waals surface area contributed by atoms with Gasteiger partial charge >= 0.3 is 5.97 Å². The molecule has 1 aromatic heterocycles. The summed E-state index contributed by atoms with van der Waals surface area (Å²) in [6.45, 7) is 2.06. The highest BCUT2D eigenvalue weighted by molar-refractivity contribution is 5.89. The molecule has 0 fully saturated rings. The van der Waals surface area contributed by atoms with Gasteiger partial charge in [0, 0.05) is 11.9 Å². The summed E-state index contributed by atoms with van der Waals surface area (Å²) >= 11 is 0. The number of imidazole rings is 1. The van der Waals surface area contributed by atoms with Crippen molar-refractivity contribution < 1.29 is 9.53 Å². The lowest BCUT2D eigenvalue weighted by Gasteiger charge is -2.03. The minimum Gasteiger partial charge on any atom is -0.465 e. The van der Waals surface area contributed by atoms with E-state index < -0.39 is 0 Å². The van der Waals surface area contributed by atoms with Gasteiger partial charge in [-0.25, -0.2) is 9.78 Å². The van der Waals surface area contributed by atoms with Crippen LogP contribution in [0.25, 0.3) is 5.69 Å². The van der Waals surface area contributed by atoms with E-state index in [9.17, 15) is 4.79 Å². The van der Waals surface area contributed by atoms with E-state index >= 15 is 0 Å². The number of hydrogen-bond acceptors (Lipinski definition) is 3. The molecule has 0 spiro atoms. The number of esters is 1. The summed E-state index contributed by atoms with van der Waals surface area (Å²) in [7, 11) is 1.37. The maximum atomic E-state index is 11.3. The highest BCUT2D eigenvalue weighted by Gasteiger charge is 2.05. The smallest absolute Gasteiger partial charge is 0.337 e. The largest absolute Gasteiger partial charge is 0.465 e. The third-order valence-corrected chi connectivity index (χ3v) is 2.58. The van der Waals surface area contributed by atoms with E-state index in [0.29, 0.717) is 5.56 Å². The highest BCUT2D eigenvalue weighted by Crippen LogP contribution is 2.11. The van der Waals surface area contributed by atoms with Gasteiger partial charge in [-0.15, -0.1) is 0 Å². The number of methoxy groups -OCH3 is 1. The van der Waals surface area contributed by atoms with Gasteiger partial charge in [0.05, 0.1) is 24.7 Å². The van der Waals surface area contributed by atoms with Crippen molar-refractivity contribution in [2.75, 3.05) is 7.11 Å². The van der Waals surface area contributed by atoms with E-state index in [0.717, 1.165) is 17.8 Å². The topological polar surface area (TPSA) is 44.1 Å².